The summed E-state index contributed by atoms with van der Waals surface area (Å²) in [7, 11) is 0. The fraction of sp³-hybridized carbons (Fsp3) is 0.438. The van der Waals surface area contributed by atoms with Gasteiger partial charge in [0, 0.05) is 17.9 Å². The molecule has 0 aliphatic heterocycles. The van der Waals surface area contributed by atoms with Gasteiger partial charge in [-0.15, -0.1) is 11.3 Å². The monoisotopic (exact) mass is 352 g/mol. The summed E-state index contributed by atoms with van der Waals surface area (Å²) in [6, 6.07) is 5.53. The molecule has 7 heteroatoms. The molecule has 0 aliphatic rings. The van der Waals surface area contributed by atoms with Crippen molar-refractivity contribution in [2.75, 3.05) is 12.3 Å². The van der Waals surface area contributed by atoms with Crippen LogP contribution in [0, 0.1) is 0 Å². The molecule has 0 aliphatic carbocycles. The van der Waals surface area contributed by atoms with Crippen molar-refractivity contribution in [3.8, 4) is 0 Å². The van der Waals surface area contributed by atoms with E-state index in [1.807, 2.05) is 32.9 Å². The second-order valence-corrected chi connectivity index (χ2v) is 8.37. The Bertz CT molecular complexity index is 720. The number of thiazole rings is 1. The highest BCUT2D eigenvalue weighted by Crippen LogP contribution is 2.30. The fourth-order valence-electron chi connectivity index (χ4n) is 1.79. The molecule has 1 aromatic carbocycles. The Labute approximate surface area is 143 Å². The van der Waals surface area contributed by atoms with Crippen LogP contribution in [0.4, 0.5) is 4.79 Å². The van der Waals surface area contributed by atoms with Crippen molar-refractivity contribution < 1.29 is 14.3 Å². The van der Waals surface area contributed by atoms with E-state index in [1.165, 1.54) is 0 Å². The van der Waals surface area contributed by atoms with E-state index < -0.39 is 11.7 Å². The van der Waals surface area contributed by atoms with E-state index in [9.17, 15) is 9.59 Å². The van der Waals surface area contributed by atoms with Crippen LogP contribution in [0.3, 0.4) is 0 Å². The van der Waals surface area contributed by atoms with Crippen LogP contribution >= 0.6 is 23.1 Å². The standard InChI is InChI=1S/C16H20N2O3S2/c1-10(19)11-5-6-12-13(9-11)23-15(18-12)22-8-7-17-14(20)21-16(2,3)4/h5-6,9H,7-8H2,1-4H3,(H,17,20). The summed E-state index contributed by atoms with van der Waals surface area (Å²) >= 11 is 3.13. The molecule has 0 radical (unpaired) electrons. The number of hydrogen-bond donors (Lipinski definition) is 1. The van der Waals surface area contributed by atoms with Crippen molar-refractivity contribution in [3.05, 3.63) is 23.8 Å². The summed E-state index contributed by atoms with van der Waals surface area (Å²) in [5.74, 6) is 0.759. The molecule has 5 nitrogen and oxygen atoms in total. The predicted molar refractivity (Wildman–Crippen MR) is 94.6 cm³/mol. The van der Waals surface area contributed by atoms with E-state index in [-0.39, 0.29) is 5.78 Å². The molecule has 0 saturated heterocycles. The molecule has 0 unspecified atom stereocenters. The van der Waals surface area contributed by atoms with Gasteiger partial charge in [0.25, 0.3) is 0 Å². The van der Waals surface area contributed by atoms with E-state index in [2.05, 4.69) is 10.3 Å². The molecule has 0 fully saturated rings. The van der Waals surface area contributed by atoms with Crippen LogP contribution in [0.1, 0.15) is 38.1 Å². The van der Waals surface area contributed by atoms with Crippen molar-refractivity contribution >= 4 is 45.2 Å². The molecular weight excluding hydrogens is 332 g/mol. The Hall–Kier alpha value is -1.60. The van der Waals surface area contributed by atoms with Gasteiger partial charge in [-0.2, -0.15) is 0 Å². The molecule has 1 amide bonds. The molecule has 124 valence electrons. The molecule has 2 aromatic rings. The lowest BCUT2D eigenvalue weighted by Gasteiger charge is -2.19. The highest BCUT2D eigenvalue weighted by Gasteiger charge is 2.15. The smallest absolute Gasteiger partial charge is 0.407 e. The number of alkyl carbamates (subject to hydrolysis) is 1. The lowest BCUT2D eigenvalue weighted by molar-refractivity contribution is 0.0531. The lowest BCUT2D eigenvalue weighted by atomic mass is 10.1. The summed E-state index contributed by atoms with van der Waals surface area (Å²) in [5.41, 5.74) is 1.10. The minimum atomic E-state index is -0.487. The Morgan fingerprint density at radius 1 is 1.35 bits per heavy atom. The summed E-state index contributed by atoms with van der Waals surface area (Å²) in [4.78, 5) is 27.4. The van der Waals surface area contributed by atoms with Crippen LogP contribution < -0.4 is 5.32 Å². The Kier molecular flexibility index (Phi) is 5.64. The number of nitrogens with one attached hydrogen (secondary N) is 1. The quantitative estimate of drug-likeness (QED) is 0.498. The first-order valence-corrected chi connectivity index (χ1v) is 9.06. The Balaban J connectivity index is 1.85. The summed E-state index contributed by atoms with van der Waals surface area (Å²) < 4.78 is 7.09. The number of hydrogen-bond acceptors (Lipinski definition) is 6. The second-order valence-electron chi connectivity index (χ2n) is 6.00. The van der Waals surface area contributed by atoms with Gasteiger partial charge in [-0.1, -0.05) is 11.8 Å². The van der Waals surface area contributed by atoms with Gasteiger partial charge in [-0.25, -0.2) is 9.78 Å². The number of fused-ring (bicyclic) bond motifs is 1. The molecule has 0 atom stereocenters. The summed E-state index contributed by atoms with van der Waals surface area (Å²) in [6.07, 6.45) is -0.409. The number of aromatic nitrogens is 1. The Morgan fingerprint density at radius 2 is 2.09 bits per heavy atom. The van der Waals surface area contributed by atoms with Crippen LogP contribution in [-0.4, -0.2) is 34.8 Å². The van der Waals surface area contributed by atoms with Gasteiger partial charge >= 0.3 is 6.09 Å². The third-order valence-electron chi connectivity index (χ3n) is 2.77. The van der Waals surface area contributed by atoms with E-state index in [1.54, 1.807) is 36.1 Å². The number of rotatable bonds is 5. The predicted octanol–water partition coefficient (Wildman–Crippen LogP) is 4.12. The van der Waals surface area contributed by atoms with E-state index in [0.29, 0.717) is 17.9 Å². The van der Waals surface area contributed by atoms with Crippen molar-refractivity contribution in [1.82, 2.24) is 10.3 Å². The van der Waals surface area contributed by atoms with Crippen LogP contribution in [0.5, 0.6) is 0 Å². The van der Waals surface area contributed by atoms with Crippen LogP contribution in [-0.2, 0) is 4.74 Å². The molecule has 0 bridgehead atoms. The summed E-state index contributed by atoms with van der Waals surface area (Å²) in [5, 5.41) is 2.72. The zero-order valence-electron chi connectivity index (χ0n) is 13.6. The maximum absolute atomic E-state index is 11.5. The molecule has 0 saturated carbocycles. The fourth-order valence-corrected chi connectivity index (χ4v) is 3.82. The normalized spacial score (nSPS) is 11.5. The number of ketones is 1. The molecule has 0 spiro atoms. The van der Waals surface area contributed by atoms with Gasteiger partial charge in [-0.05, 0) is 45.9 Å². The number of ether oxygens (including phenoxy) is 1. The van der Waals surface area contributed by atoms with Gasteiger partial charge in [0.1, 0.15) is 5.60 Å². The van der Waals surface area contributed by atoms with Gasteiger partial charge in [-0.3, -0.25) is 4.79 Å². The number of benzene rings is 1. The molecule has 1 N–H and O–H groups in total. The average Bonchev–Trinajstić information content (AvgIpc) is 2.83. The molecule has 1 aromatic heterocycles. The largest absolute Gasteiger partial charge is 0.444 e. The van der Waals surface area contributed by atoms with Crippen molar-refractivity contribution in [2.24, 2.45) is 0 Å². The third kappa shape index (κ3) is 5.51. The van der Waals surface area contributed by atoms with Crippen LogP contribution in [0.25, 0.3) is 10.2 Å². The second kappa shape index (κ2) is 7.31. The van der Waals surface area contributed by atoms with Crippen molar-refractivity contribution in [1.29, 1.82) is 0 Å². The van der Waals surface area contributed by atoms with Crippen molar-refractivity contribution in [2.45, 2.75) is 37.6 Å². The average molecular weight is 352 g/mol. The van der Waals surface area contributed by atoms with E-state index in [0.717, 1.165) is 14.6 Å². The van der Waals surface area contributed by atoms with Crippen LogP contribution in [0.15, 0.2) is 22.5 Å². The minimum absolute atomic E-state index is 0.0519. The maximum atomic E-state index is 11.5. The lowest BCUT2D eigenvalue weighted by Crippen LogP contribution is -2.33. The maximum Gasteiger partial charge on any atom is 0.407 e. The number of carbonyl (C=O) groups excluding carboxylic acids is 2. The summed E-state index contributed by atoms with van der Waals surface area (Å²) in [6.45, 7) is 7.56. The number of nitrogens with zero attached hydrogens (tertiary/aromatic N) is 1. The van der Waals surface area contributed by atoms with Crippen LogP contribution in [0.2, 0.25) is 0 Å². The van der Waals surface area contributed by atoms with Gasteiger partial charge in [0.2, 0.25) is 0 Å². The molecular formula is C16H20N2O3S2. The first kappa shape index (κ1) is 17.7. The zero-order chi connectivity index (χ0) is 17.0. The third-order valence-corrected chi connectivity index (χ3v) is 4.93. The molecule has 2 rings (SSSR count). The number of thioether (sulfide) groups is 1. The molecule has 23 heavy (non-hydrogen) atoms. The first-order valence-electron chi connectivity index (χ1n) is 7.26. The van der Waals surface area contributed by atoms with Gasteiger partial charge < -0.3 is 10.1 Å². The molecule has 1 heterocycles. The number of carbonyl (C=O) groups is 2. The van der Waals surface area contributed by atoms with E-state index in [4.69, 9.17) is 4.74 Å². The SMILES string of the molecule is CC(=O)c1ccc2nc(SCCNC(=O)OC(C)(C)C)sc2c1. The minimum Gasteiger partial charge on any atom is -0.444 e. The van der Waals surface area contributed by atoms with Crippen molar-refractivity contribution in [3.63, 3.8) is 0 Å². The highest BCUT2D eigenvalue weighted by atomic mass is 32.2. The van der Waals surface area contributed by atoms with E-state index >= 15 is 0 Å². The number of amides is 1. The number of Topliss-reactive ketones (excluding diaryl/α,β-unsaturated/α-hetero) is 1. The Morgan fingerprint density at radius 3 is 2.74 bits per heavy atom. The van der Waals surface area contributed by atoms with Gasteiger partial charge in [0.05, 0.1) is 10.2 Å². The van der Waals surface area contributed by atoms with Gasteiger partial charge in [0.15, 0.2) is 10.1 Å². The topological polar surface area (TPSA) is 68.3 Å². The zero-order valence-corrected chi connectivity index (χ0v) is 15.3. The first-order chi connectivity index (χ1) is 10.7. The highest BCUT2D eigenvalue weighted by molar-refractivity contribution is 8.01.